The van der Waals surface area contributed by atoms with Crippen LogP contribution >= 0.6 is 0 Å². The van der Waals surface area contributed by atoms with E-state index in [0.717, 1.165) is 18.8 Å². The van der Waals surface area contributed by atoms with Gasteiger partial charge in [-0.15, -0.1) is 0 Å². The van der Waals surface area contributed by atoms with Crippen LogP contribution in [0.25, 0.3) is 5.57 Å². The molecule has 0 N–H and O–H groups in total. The Bertz CT molecular complexity index is 1250. The first kappa shape index (κ1) is 23.3. The first-order valence-corrected chi connectivity index (χ1v) is 13.9. The van der Waals surface area contributed by atoms with Gasteiger partial charge in [0.25, 0.3) is 0 Å². The van der Waals surface area contributed by atoms with Crippen LogP contribution in [-0.2, 0) is 11.2 Å². The Labute approximate surface area is 219 Å². The smallest absolute Gasteiger partial charge is 0.410 e. The summed E-state index contributed by atoms with van der Waals surface area (Å²) in [6.45, 7) is 9.14. The summed E-state index contributed by atoms with van der Waals surface area (Å²) in [7, 11) is 0. The van der Waals surface area contributed by atoms with Crippen LogP contribution in [0.2, 0.25) is 0 Å². The van der Waals surface area contributed by atoms with Gasteiger partial charge in [0, 0.05) is 23.8 Å². The van der Waals surface area contributed by atoms with Crippen molar-refractivity contribution in [1.29, 1.82) is 0 Å². The Kier molecular flexibility index (Phi) is 5.07. The number of carbonyl (C=O) groups is 1. The number of nitrogens with zero attached hydrogens (tertiary/aromatic N) is 3. The molecule has 0 radical (unpaired) electrons. The van der Waals surface area contributed by atoms with Crippen LogP contribution in [0.15, 0.2) is 48.2 Å². The number of hydrogen-bond acceptors (Lipinski definition) is 5. The van der Waals surface area contributed by atoms with Gasteiger partial charge in [0.05, 0.1) is 19.1 Å². The number of benzene rings is 1. The van der Waals surface area contributed by atoms with Crippen molar-refractivity contribution in [2.24, 2.45) is 5.92 Å². The van der Waals surface area contributed by atoms with Gasteiger partial charge < -0.3 is 14.4 Å². The topological polar surface area (TPSA) is 54.9 Å². The van der Waals surface area contributed by atoms with Crippen LogP contribution in [0.1, 0.15) is 76.1 Å². The molecule has 37 heavy (non-hydrogen) atoms. The molecule has 0 unspecified atom stereocenters. The fraction of sp³-hybridized carbons (Fsp3) is 0.548. The van der Waals surface area contributed by atoms with Crippen molar-refractivity contribution in [1.82, 2.24) is 14.8 Å². The Morgan fingerprint density at radius 3 is 2.49 bits per heavy atom. The fourth-order valence-corrected chi connectivity index (χ4v) is 7.41. The number of likely N-dealkylation sites (tertiary alicyclic amines) is 1. The average Bonchev–Trinajstić information content (AvgIpc) is 3.11. The van der Waals surface area contributed by atoms with E-state index in [1.807, 2.05) is 33.0 Å². The lowest BCUT2D eigenvalue weighted by Crippen LogP contribution is -2.71. The zero-order valence-electron chi connectivity index (χ0n) is 22.4. The summed E-state index contributed by atoms with van der Waals surface area (Å²) in [6, 6.07) is 14.0. The maximum Gasteiger partial charge on any atom is 0.410 e. The van der Waals surface area contributed by atoms with Crippen LogP contribution < -0.4 is 4.74 Å². The van der Waals surface area contributed by atoms with Crippen molar-refractivity contribution < 1.29 is 14.3 Å². The lowest BCUT2D eigenvalue weighted by Gasteiger charge is -2.70. The Balaban J connectivity index is 1.10. The Morgan fingerprint density at radius 2 is 1.84 bits per heavy atom. The molecule has 1 saturated heterocycles. The van der Waals surface area contributed by atoms with Crippen molar-refractivity contribution in [3.05, 3.63) is 64.9 Å². The molecule has 1 aromatic carbocycles. The van der Waals surface area contributed by atoms with E-state index < -0.39 is 5.60 Å². The highest BCUT2D eigenvalue weighted by Crippen LogP contribution is 2.65. The highest BCUT2D eigenvalue weighted by atomic mass is 16.6. The number of carbonyl (C=O) groups excluding carboxylic acids is 1. The van der Waals surface area contributed by atoms with Crippen molar-refractivity contribution >= 4 is 11.7 Å². The fourth-order valence-electron chi connectivity index (χ4n) is 7.41. The van der Waals surface area contributed by atoms with Crippen molar-refractivity contribution in [3.8, 4) is 5.88 Å². The molecule has 0 spiro atoms. The molecular formula is C31H37N3O3. The molecular weight excluding hydrogens is 462 g/mol. The minimum atomic E-state index is -0.486. The second-order valence-electron chi connectivity index (χ2n) is 13.0. The maximum absolute atomic E-state index is 12.2. The van der Waals surface area contributed by atoms with E-state index in [1.165, 1.54) is 36.0 Å². The minimum Gasteiger partial charge on any atom is -0.471 e. The molecule has 6 heteroatoms. The SMILES string of the molecule is C[C@@H]1CC2=C(Cc3ccccc32)[C@@H](c2ccc(OC3CN(C(=O)OC(C)(C)C)C3)nc2)N1C12CC(C1)C2. The van der Waals surface area contributed by atoms with Gasteiger partial charge in [-0.3, -0.25) is 4.90 Å². The standard InChI is InChI=1S/C31H37N3O3/c1-19-11-25-24-8-6-5-7-21(24)12-26(25)28(34(19)31-13-20(14-31)15-31)22-9-10-27(32-16-22)36-23-17-33(18-23)29(35)37-30(2,3)4/h5-10,16,19-20,23,28H,11-15,17-18H2,1-4H3/t19-,20?,28-,31?/m1/s1. The van der Waals surface area contributed by atoms with Crippen molar-refractivity contribution in [2.45, 2.75) is 89.1 Å². The zero-order valence-corrected chi connectivity index (χ0v) is 22.4. The van der Waals surface area contributed by atoms with Gasteiger partial charge in [-0.2, -0.15) is 0 Å². The van der Waals surface area contributed by atoms with Gasteiger partial charge in [-0.05, 0) is 93.6 Å². The molecule has 4 aliphatic carbocycles. The lowest BCUT2D eigenvalue weighted by atomic mass is 9.48. The van der Waals surface area contributed by atoms with E-state index in [9.17, 15) is 4.79 Å². The molecule has 2 aliphatic heterocycles. The molecule has 2 bridgehead atoms. The summed E-state index contributed by atoms with van der Waals surface area (Å²) in [5, 5.41) is 0. The molecule has 6 nitrogen and oxygen atoms in total. The third-order valence-electron chi connectivity index (χ3n) is 9.11. The summed E-state index contributed by atoms with van der Waals surface area (Å²) >= 11 is 0. The largest absolute Gasteiger partial charge is 0.471 e. The minimum absolute atomic E-state index is 0.0449. The van der Waals surface area contributed by atoms with Gasteiger partial charge in [-0.25, -0.2) is 9.78 Å². The second-order valence-corrected chi connectivity index (χ2v) is 13.0. The van der Waals surface area contributed by atoms with Gasteiger partial charge in [-0.1, -0.05) is 30.3 Å². The Hall–Kier alpha value is -2.86. The number of pyridine rings is 1. The predicted octanol–water partition coefficient (Wildman–Crippen LogP) is 5.78. The van der Waals surface area contributed by atoms with E-state index in [-0.39, 0.29) is 18.2 Å². The molecule has 6 aliphatic rings. The molecule has 3 saturated carbocycles. The average molecular weight is 500 g/mol. The molecule has 3 heterocycles. The number of aromatic nitrogens is 1. The van der Waals surface area contributed by atoms with Crippen LogP contribution in [0.4, 0.5) is 4.79 Å². The molecule has 1 amide bonds. The summed E-state index contributed by atoms with van der Waals surface area (Å²) in [6.07, 6.45) is 7.96. The van der Waals surface area contributed by atoms with Crippen molar-refractivity contribution in [3.63, 3.8) is 0 Å². The van der Waals surface area contributed by atoms with Crippen molar-refractivity contribution in [2.75, 3.05) is 13.1 Å². The molecule has 1 aromatic heterocycles. The third kappa shape index (κ3) is 3.79. The normalized spacial score (nSPS) is 30.6. The van der Waals surface area contributed by atoms with Crippen LogP contribution in [-0.4, -0.2) is 57.3 Å². The quantitative estimate of drug-likeness (QED) is 0.534. The van der Waals surface area contributed by atoms with Gasteiger partial charge in [0.15, 0.2) is 0 Å². The predicted molar refractivity (Wildman–Crippen MR) is 142 cm³/mol. The summed E-state index contributed by atoms with van der Waals surface area (Å²) in [4.78, 5) is 21.5. The molecule has 2 aromatic rings. The second kappa shape index (κ2) is 8.07. The monoisotopic (exact) mass is 499 g/mol. The van der Waals surface area contributed by atoms with E-state index >= 15 is 0 Å². The first-order chi connectivity index (χ1) is 17.7. The molecule has 8 rings (SSSR count). The van der Waals surface area contributed by atoms with Crippen LogP contribution in [0.5, 0.6) is 5.88 Å². The number of ether oxygens (including phenoxy) is 2. The maximum atomic E-state index is 12.2. The lowest BCUT2D eigenvalue weighted by molar-refractivity contribution is -0.173. The third-order valence-corrected chi connectivity index (χ3v) is 9.11. The van der Waals surface area contributed by atoms with Gasteiger partial charge in [0.2, 0.25) is 5.88 Å². The summed E-state index contributed by atoms with van der Waals surface area (Å²) < 4.78 is 11.6. The first-order valence-electron chi connectivity index (χ1n) is 13.9. The van der Waals surface area contributed by atoms with Crippen LogP contribution in [0.3, 0.4) is 0 Å². The van der Waals surface area contributed by atoms with E-state index in [0.29, 0.717) is 30.6 Å². The number of rotatable bonds is 4. The van der Waals surface area contributed by atoms with E-state index in [4.69, 9.17) is 14.5 Å². The molecule has 2 atom stereocenters. The highest BCUT2D eigenvalue weighted by molar-refractivity contribution is 5.79. The molecule has 194 valence electrons. The number of fused-ring (bicyclic) bond motifs is 2. The summed E-state index contributed by atoms with van der Waals surface area (Å²) in [5.74, 6) is 1.57. The van der Waals surface area contributed by atoms with Crippen LogP contribution in [0, 0.1) is 5.92 Å². The number of hydrogen-bond donors (Lipinski definition) is 0. The van der Waals surface area contributed by atoms with Gasteiger partial charge >= 0.3 is 6.09 Å². The van der Waals surface area contributed by atoms with Gasteiger partial charge in [0.1, 0.15) is 11.7 Å². The zero-order chi connectivity index (χ0) is 25.5. The highest BCUT2D eigenvalue weighted by Gasteiger charge is 2.63. The van der Waals surface area contributed by atoms with E-state index in [2.05, 4.69) is 42.2 Å². The summed E-state index contributed by atoms with van der Waals surface area (Å²) in [5.41, 5.74) is 7.23. The van der Waals surface area contributed by atoms with E-state index in [1.54, 1.807) is 16.0 Å². The number of amides is 1. The molecule has 4 fully saturated rings. The Morgan fingerprint density at radius 1 is 1.08 bits per heavy atom.